The van der Waals surface area contributed by atoms with Crippen LogP contribution in [0, 0.1) is 0 Å². The second-order valence-corrected chi connectivity index (χ2v) is 3.65. The lowest BCUT2D eigenvalue weighted by Crippen LogP contribution is -2.34. The van der Waals surface area contributed by atoms with Crippen LogP contribution in [-0.2, 0) is 0 Å². The lowest BCUT2D eigenvalue weighted by atomic mass is 9.93. The average Bonchev–Trinajstić information content (AvgIpc) is 2.05. The highest BCUT2D eigenvalue weighted by atomic mass is 15.0. The van der Waals surface area contributed by atoms with Crippen molar-refractivity contribution in [2.45, 2.75) is 12.0 Å². The van der Waals surface area contributed by atoms with E-state index in [-0.39, 0.29) is 5.54 Å². The third kappa shape index (κ3) is 6.31. The van der Waals surface area contributed by atoms with Gasteiger partial charge in [0.25, 0.3) is 0 Å². The van der Waals surface area contributed by atoms with E-state index in [9.17, 15) is 0 Å². The molecule has 0 spiro atoms. The summed E-state index contributed by atoms with van der Waals surface area (Å²) in [7, 11) is 6.00. The van der Waals surface area contributed by atoms with Crippen molar-refractivity contribution in [3.8, 4) is 0 Å². The summed E-state index contributed by atoms with van der Waals surface area (Å²) < 4.78 is 0. The van der Waals surface area contributed by atoms with Crippen LogP contribution in [-0.4, -0.2) is 31.6 Å². The molecule has 1 aliphatic rings. The van der Waals surface area contributed by atoms with Gasteiger partial charge < -0.3 is 10.6 Å². The van der Waals surface area contributed by atoms with Crippen LogP contribution in [0.4, 0.5) is 0 Å². The SMILES string of the molecule is C=CC1(N)C=CC=CC1.CN(C)C. The molecule has 1 rings (SSSR count). The Balaban J connectivity index is 0.000000310. The molecule has 1 atom stereocenters. The summed E-state index contributed by atoms with van der Waals surface area (Å²) in [5.74, 6) is 0. The highest BCUT2D eigenvalue weighted by Gasteiger charge is 2.15. The van der Waals surface area contributed by atoms with Gasteiger partial charge >= 0.3 is 0 Å². The van der Waals surface area contributed by atoms with Crippen molar-refractivity contribution in [2.75, 3.05) is 21.1 Å². The normalized spacial score (nSPS) is 25.3. The molecule has 0 aromatic carbocycles. The molecule has 0 aliphatic heterocycles. The Morgan fingerprint density at radius 1 is 1.38 bits per heavy atom. The van der Waals surface area contributed by atoms with E-state index >= 15 is 0 Å². The van der Waals surface area contributed by atoms with Crippen LogP contribution in [0.1, 0.15) is 6.42 Å². The monoisotopic (exact) mass is 180 g/mol. The van der Waals surface area contributed by atoms with Gasteiger partial charge in [-0.25, -0.2) is 0 Å². The molecular weight excluding hydrogens is 160 g/mol. The Hall–Kier alpha value is -0.860. The fourth-order valence-corrected chi connectivity index (χ4v) is 0.805. The van der Waals surface area contributed by atoms with E-state index in [0.29, 0.717) is 0 Å². The summed E-state index contributed by atoms with van der Waals surface area (Å²) in [5, 5.41) is 0. The molecule has 13 heavy (non-hydrogen) atoms. The summed E-state index contributed by atoms with van der Waals surface area (Å²) in [4.78, 5) is 2.00. The Morgan fingerprint density at radius 3 is 2.15 bits per heavy atom. The molecule has 0 saturated carbocycles. The molecule has 1 aliphatic carbocycles. The van der Waals surface area contributed by atoms with E-state index in [1.165, 1.54) is 0 Å². The zero-order valence-corrected chi connectivity index (χ0v) is 8.83. The average molecular weight is 180 g/mol. The number of nitrogens with zero attached hydrogens (tertiary/aromatic N) is 1. The minimum Gasteiger partial charge on any atom is -0.318 e. The Bertz CT molecular complexity index is 201. The van der Waals surface area contributed by atoms with Crippen molar-refractivity contribution < 1.29 is 0 Å². The van der Waals surface area contributed by atoms with Crippen LogP contribution in [0.5, 0.6) is 0 Å². The summed E-state index contributed by atoms with van der Waals surface area (Å²) in [5.41, 5.74) is 5.52. The molecule has 2 heteroatoms. The lowest BCUT2D eigenvalue weighted by molar-refractivity contribution is 0.505. The minimum atomic E-state index is -0.283. The van der Waals surface area contributed by atoms with Crippen molar-refractivity contribution in [1.82, 2.24) is 4.90 Å². The zero-order valence-electron chi connectivity index (χ0n) is 8.83. The van der Waals surface area contributed by atoms with Gasteiger partial charge in [-0.15, -0.1) is 6.58 Å². The van der Waals surface area contributed by atoms with Crippen LogP contribution in [0.15, 0.2) is 37.0 Å². The van der Waals surface area contributed by atoms with E-state index in [4.69, 9.17) is 5.73 Å². The zero-order chi connectivity index (χ0) is 10.3. The van der Waals surface area contributed by atoms with Gasteiger partial charge in [-0.3, -0.25) is 0 Å². The molecule has 1 unspecified atom stereocenters. The van der Waals surface area contributed by atoms with Crippen LogP contribution in [0.25, 0.3) is 0 Å². The van der Waals surface area contributed by atoms with E-state index in [2.05, 4.69) is 6.58 Å². The largest absolute Gasteiger partial charge is 0.318 e. The third-order valence-corrected chi connectivity index (χ3v) is 1.51. The molecule has 2 nitrogen and oxygen atoms in total. The second-order valence-electron chi connectivity index (χ2n) is 3.65. The van der Waals surface area contributed by atoms with Gasteiger partial charge in [0.05, 0.1) is 5.54 Å². The Morgan fingerprint density at radius 2 is 1.92 bits per heavy atom. The molecular formula is C11H20N2. The molecule has 0 heterocycles. The van der Waals surface area contributed by atoms with Crippen molar-refractivity contribution in [3.05, 3.63) is 37.0 Å². The van der Waals surface area contributed by atoms with E-state index < -0.39 is 0 Å². The topological polar surface area (TPSA) is 29.3 Å². The highest BCUT2D eigenvalue weighted by Crippen LogP contribution is 2.14. The molecule has 0 aromatic rings. The molecule has 2 N–H and O–H groups in total. The summed E-state index contributed by atoms with van der Waals surface area (Å²) in [6, 6.07) is 0. The molecule has 74 valence electrons. The standard InChI is InChI=1S/C8H11N.C3H9N/c1-2-8(9)6-4-3-5-7-8;1-4(2)3/h2-6H,1,7,9H2;1-3H3. The van der Waals surface area contributed by atoms with Gasteiger partial charge in [0.15, 0.2) is 0 Å². The maximum atomic E-state index is 5.80. The first kappa shape index (κ1) is 12.1. The summed E-state index contributed by atoms with van der Waals surface area (Å²) >= 11 is 0. The lowest BCUT2D eigenvalue weighted by Gasteiger charge is -2.20. The summed E-state index contributed by atoms with van der Waals surface area (Å²) in [6.45, 7) is 3.65. The Kier molecular flexibility index (Phi) is 5.35. The van der Waals surface area contributed by atoms with Crippen molar-refractivity contribution >= 4 is 0 Å². The van der Waals surface area contributed by atoms with Gasteiger partial charge in [-0.2, -0.15) is 0 Å². The van der Waals surface area contributed by atoms with Crippen molar-refractivity contribution in [3.63, 3.8) is 0 Å². The van der Waals surface area contributed by atoms with Gasteiger partial charge in [-0.05, 0) is 27.6 Å². The minimum absolute atomic E-state index is 0.283. The fourth-order valence-electron chi connectivity index (χ4n) is 0.805. The van der Waals surface area contributed by atoms with Crippen molar-refractivity contribution in [1.29, 1.82) is 0 Å². The number of hydrogen-bond acceptors (Lipinski definition) is 2. The quantitative estimate of drug-likeness (QED) is 0.621. The molecule has 0 fully saturated rings. The Labute approximate surface area is 81.4 Å². The van der Waals surface area contributed by atoms with Crippen LogP contribution >= 0.6 is 0 Å². The summed E-state index contributed by atoms with van der Waals surface area (Å²) in [6.07, 6.45) is 10.6. The first-order valence-corrected chi connectivity index (χ1v) is 4.38. The highest BCUT2D eigenvalue weighted by molar-refractivity contribution is 5.25. The second kappa shape index (κ2) is 5.73. The number of rotatable bonds is 1. The van der Waals surface area contributed by atoms with E-state index in [1.54, 1.807) is 6.08 Å². The van der Waals surface area contributed by atoms with Gasteiger partial charge in [0.1, 0.15) is 0 Å². The molecule has 0 amide bonds. The van der Waals surface area contributed by atoms with Gasteiger partial charge in [-0.1, -0.05) is 30.4 Å². The van der Waals surface area contributed by atoms with Gasteiger partial charge in [0.2, 0.25) is 0 Å². The number of hydrogen-bond donors (Lipinski definition) is 1. The van der Waals surface area contributed by atoms with Crippen LogP contribution < -0.4 is 5.73 Å². The maximum Gasteiger partial charge on any atom is 0.0560 e. The van der Waals surface area contributed by atoms with E-state index in [1.807, 2.05) is 50.3 Å². The molecule has 0 saturated heterocycles. The predicted octanol–water partition coefficient (Wildman–Crippen LogP) is 1.56. The van der Waals surface area contributed by atoms with Crippen LogP contribution in [0.3, 0.4) is 0 Å². The molecule has 0 radical (unpaired) electrons. The van der Waals surface area contributed by atoms with Crippen LogP contribution in [0.2, 0.25) is 0 Å². The fraction of sp³-hybridized carbons (Fsp3) is 0.455. The van der Waals surface area contributed by atoms with E-state index in [0.717, 1.165) is 6.42 Å². The smallest absolute Gasteiger partial charge is 0.0560 e. The molecule has 0 aromatic heterocycles. The number of allylic oxidation sites excluding steroid dienone is 2. The number of nitrogens with two attached hydrogens (primary N) is 1. The maximum absolute atomic E-state index is 5.80. The first-order chi connectivity index (χ1) is 6.00. The van der Waals surface area contributed by atoms with Crippen molar-refractivity contribution in [2.24, 2.45) is 5.73 Å². The first-order valence-electron chi connectivity index (χ1n) is 4.38. The predicted molar refractivity (Wildman–Crippen MR) is 59.6 cm³/mol. The van der Waals surface area contributed by atoms with Gasteiger partial charge in [0, 0.05) is 0 Å². The molecule has 0 bridgehead atoms. The third-order valence-electron chi connectivity index (χ3n) is 1.51.